The smallest absolute Gasteiger partial charge is 0.158 e. The van der Waals surface area contributed by atoms with E-state index in [1.807, 2.05) is 6.92 Å². The van der Waals surface area contributed by atoms with Crippen LogP contribution in [0.5, 0.6) is 0 Å². The van der Waals surface area contributed by atoms with Crippen LogP contribution in [0.1, 0.15) is 39.0 Å². The highest BCUT2D eigenvalue weighted by atomic mass is 16.1. The number of hydrogen-bond donors (Lipinski definition) is 0. The van der Waals surface area contributed by atoms with Crippen LogP contribution in [0.4, 0.5) is 0 Å². The van der Waals surface area contributed by atoms with Crippen molar-refractivity contribution in [1.82, 2.24) is 0 Å². The number of ketones is 1. The summed E-state index contributed by atoms with van der Waals surface area (Å²) < 4.78 is 0. The van der Waals surface area contributed by atoms with Crippen molar-refractivity contribution in [3.63, 3.8) is 0 Å². The highest BCUT2D eigenvalue weighted by molar-refractivity contribution is 5.94. The van der Waals surface area contributed by atoms with Crippen LogP contribution in [0.25, 0.3) is 0 Å². The Labute approximate surface area is 62.1 Å². The molecule has 0 fully saturated rings. The van der Waals surface area contributed by atoms with E-state index < -0.39 is 0 Å². The quantitative estimate of drug-likeness (QED) is 0.502. The average Bonchev–Trinajstić information content (AvgIpc) is 1.92. The highest BCUT2D eigenvalue weighted by Crippen LogP contribution is 2.13. The second-order valence-electron chi connectivity index (χ2n) is 2.91. The van der Waals surface area contributed by atoms with Gasteiger partial charge in [0, 0.05) is 6.42 Å². The average molecular weight is 138 g/mol. The molecule has 0 aromatic heterocycles. The molecule has 1 rings (SSSR count). The third kappa shape index (κ3) is 1.98. The second kappa shape index (κ2) is 3.55. The molecule has 0 atom stereocenters. The van der Waals surface area contributed by atoms with E-state index >= 15 is 0 Å². The summed E-state index contributed by atoms with van der Waals surface area (Å²) in [6.45, 7) is 1.92. The number of carbonyl (C=O) groups excluding carboxylic acids is 1. The second-order valence-corrected chi connectivity index (χ2v) is 2.91. The van der Waals surface area contributed by atoms with Crippen molar-refractivity contribution in [2.45, 2.75) is 39.0 Å². The standard InChI is InChI=1S/C9H14O/c1-8-6-4-2-3-5-7-9(8)10/h6H,2-5,7H2,1H3/b8-6-. The maximum absolute atomic E-state index is 11.1. The van der Waals surface area contributed by atoms with Gasteiger partial charge >= 0.3 is 0 Å². The number of carbonyl (C=O) groups is 1. The number of allylic oxidation sites excluding steroid dienone is 2. The van der Waals surface area contributed by atoms with Crippen LogP contribution in [0.2, 0.25) is 0 Å². The molecule has 0 N–H and O–H groups in total. The fourth-order valence-electron chi connectivity index (χ4n) is 1.24. The summed E-state index contributed by atoms with van der Waals surface area (Å²) in [4.78, 5) is 11.1. The predicted octanol–water partition coefficient (Wildman–Crippen LogP) is 2.47. The molecule has 0 aromatic rings. The topological polar surface area (TPSA) is 17.1 Å². The summed E-state index contributed by atoms with van der Waals surface area (Å²) in [6.07, 6.45) is 7.49. The molecule has 0 amide bonds. The molecular weight excluding hydrogens is 124 g/mol. The van der Waals surface area contributed by atoms with Crippen molar-refractivity contribution in [3.05, 3.63) is 11.6 Å². The molecule has 0 unspecified atom stereocenters. The van der Waals surface area contributed by atoms with E-state index in [9.17, 15) is 4.79 Å². The highest BCUT2D eigenvalue weighted by Gasteiger charge is 2.05. The van der Waals surface area contributed by atoms with Gasteiger partial charge in [0.1, 0.15) is 0 Å². The van der Waals surface area contributed by atoms with Gasteiger partial charge in [0.05, 0.1) is 0 Å². The Balaban J connectivity index is 2.56. The van der Waals surface area contributed by atoms with E-state index in [0.29, 0.717) is 5.78 Å². The van der Waals surface area contributed by atoms with Crippen LogP contribution in [0, 0.1) is 0 Å². The summed E-state index contributed by atoms with van der Waals surface area (Å²) in [7, 11) is 0. The minimum atomic E-state index is 0.347. The van der Waals surface area contributed by atoms with Gasteiger partial charge in [0.25, 0.3) is 0 Å². The van der Waals surface area contributed by atoms with Crippen molar-refractivity contribution < 1.29 is 4.79 Å². The lowest BCUT2D eigenvalue weighted by Gasteiger charge is -2.05. The van der Waals surface area contributed by atoms with E-state index in [-0.39, 0.29) is 0 Å². The van der Waals surface area contributed by atoms with Crippen LogP contribution < -0.4 is 0 Å². The zero-order valence-electron chi connectivity index (χ0n) is 6.52. The molecule has 0 saturated heterocycles. The monoisotopic (exact) mass is 138 g/mol. The number of hydrogen-bond acceptors (Lipinski definition) is 1. The molecule has 0 bridgehead atoms. The lowest BCUT2D eigenvalue weighted by molar-refractivity contribution is -0.115. The van der Waals surface area contributed by atoms with Gasteiger partial charge in [-0.1, -0.05) is 12.5 Å². The zero-order valence-corrected chi connectivity index (χ0v) is 6.52. The van der Waals surface area contributed by atoms with E-state index in [2.05, 4.69) is 6.08 Å². The molecule has 0 heterocycles. The molecule has 0 radical (unpaired) electrons. The Bertz CT molecular complexity index is 156. The molecule has 1 nitrogen and oxygen atoms in total. The van der Waals surface area contributed by atoms with Gasteiger partial charge in [0.15, 0.2) is 5.78 Å². The van der Waals surface area contributed by atoms with E-state index in [1.165, 1.54) is 12.8 Å². The van der Waals surface area contributed by atoms with E-state index in [4.69, 9.17) is 0 Å². The third-order valence-corrected chi connectivity index (χ3v) is 2.00. The predicted molar refractivity (Wildman–Crippen MR) is 41.8 cm³/mol. The molecule has 0 aromatic carbocycles. The summed E-state index contributed by atoms with van der Waals surface area (Å²) in [5, 5.41) is 0. The molecule has 1 heteroatoms. The molecule has 0 spiro atoms. The number of rotatable bonds is 0. The molecule has 10 heavy (non-hydrogen) atoms. The molecule has 56 valence electrons. The van der Waals surface area contributed by atoms with Gasteiger partial charge in [-0.15, -0.1) is 0 Å². The first-order valence-electron chi connectivity index (χ1n) is 4.00. The largest absolute Gasteiger partial charge is 0.295 e. The van der Waals surface area contributed by atoms with Crippen molar-refractivity contribution in [1.29, 1.82) is 0 Å². The Hall–Kier alpha value is -0.590. The minimum Gasteiger partial charge on any atom is -0.295 e. The van der Waals surface area contributed by atoms with Crippen LogP contribution in [0.15, 0.2) is 11.6 Å². The van der Waals surface area contributed by atoms with Gasteiger partial charge < -0.3 is 0 Å². The van der Waals surface area contributed by atoms with Crippen molar-refractivity contribution in [2.75, 3.05) is 0 Å². The van der Waals surface area contributed by atoms with E-state index in [1.54, 1.807) is 0 Å². The van der Waals surface area contributed by atoms with E-state index in [0.717, 1.165) is 24.8 Å². The van der Waals surface area contributed by atoms with Crippen LogP contribution >= 0.6 is 0 Å². The van der Waals surface area contributed by atoms with Crippen molar-refractivity contribution >= 4 is 5.78 Å². The van der Waals surface area contributed by atoms with Crippen LogP contribution in [-0.2, 0) is 4.79 Å². The van der Waals surface area contributed by atoms with Crippen LogP contribution in [-0.4, -0.2) is 5.78 Å². The summed E-state index contributed by atoms with van der Waals surface area (Å²) in [5.41, 5.74) is 0.972. The fourth-order valence-corrected chi connectivity index (χ4v) is 1.24. The first kappa shape index (κ1) is 7.52. The Kier molecular flexibility index (Phi) is 2.67. The van der Waals surface area contributed by atoms with Crippen LogP contribution in [0.3, 0.4) is 0 Å². The number of Topliss-reactive ketones (excluding diaryl/α,β-unsaturated/α-hetero) is 1. The third-order valence-electron chi connectivity index (χ3n) is 2.00. The Morgan fingerprint density at radius 1 is 1.30 bits per heavy atom. The normalized spacial score (nSPS) is 26.5. The molecule has 0 saturated carbocycles. The maximum Gasteiger partial charge on any atom is 0.158 e. The molecule has 0 aliphatic heterocycles. The SMILES string of the molecule is C/C1=C/CCCCCC1=O. The molecule has 1 aliphatic rings. The van der Waals surface area contributed by atoms with Gasteiger partial charge in [-0.25, -0.2) is 0 Å². The Morgan fingerprint density at radius 2 is 2.10 bits per heavy atom. The van der Waals surface area contributed by atoms with Gasteiger partial charge in [-0.2, -0.15) is 0 Å². The first-order chi connectivity index (χ1) is 4.80. The summed E-state index contributed by atoms with van der Waals surface area (Å²) in [6, 6.07) is 0. The van der Waals surface area contributed by atoms with Gasteiger partial charge in [-0.05, 0) is 31.8 Å². The van der Waals surface area contributed by atoms with Gasteiger partial charge in [-0.3, -0.25) is 4.79 Å². The minimum absolute atomic E-state index is 0.347. The Morgan fingerprint density at radius 3 is 2.90 bits per heavy atom. The van der Waals surface area contributed by atoms with Crippen molar-refractivity contribution in [3.8, 4) is 0 Å². The van der Waals surface area contributed by atoms with Gasteiger partial charge in [0.2, 0.25) is 0 Å². The lowest BCUT2D eigenvalue weighted by Crippen LogP contribution is -2.01. The first-order valence-corrected chi connectivity index (χ1v) is 4.00. The molecular formula is C9H14O. The summed E-state index contributed by atoms with van der Waals surface area (Å²) in [5.74, 6) is 0.347. The molecule has 1 aliphatic carbocycles. The van der Waals surface area contributed by atoms with Crippen molar-refractivity contribution in [2.24, 2.45) is 0 Å². The summed E-state index contributed by atoms with van der Waals surface area (Å²) >= 11 is 0. The zero-order chi connectivity index (χ0) is 7.40. The fraction of sp³-hybridized carbons (Fsp3) is 0.667. The lowest BCUT2D eigenvalue weighted by atomic mass is 10.0. The maximum atomic E-state index is 11.1.